The summed E-state index contributed by atoms with van der Waals surface area (Å²) in [6.45, 7) is 4.07. The second-order valence-electron chi connectivity index (χ2n) is 4.80. The van der Waals surface area contributed by atoms with Crippen molar-refractivity contribution in [3.05, 3.63) is 53.3 Å². The number of fused-ring (bicyclic) bond motifs is 1. The first-order chi connectivity index (χ1) is 8.33. The quantitative estimate of drug-likeness (QED) is 0.789. The van der Waals surface area contributed by atoms with Gasteiger partial charge in [-0.25, -0.2) is 0 Å². The molecule has 0 amide bonds. The van der Waals surface area contributed by atoms with Crippen LogP contribution in [0.25, 0.3) is 0 Å². The molecule has 1 aromatic carbocycles. The van der Waals surface area contributed by atoms with Crippen LogP contribution in [0.2, 0.25) is 0 Å². The number of rotatable bonds is 1. The van der Waals surface area contributed by atoms with Gasteiger partial charge in [-0.15, -0.1) is 0 Å². The second kappa shape index (κ2) is 4.28. The van der Waals surface area contributed by atoms with Crippen molar-refractivity contribution in [3.8, 4) is 0 Å². The summed E-state index contributed by atoms with van der Waals surface area (Å²) in [5.41, 5.74) is 5.37. The van der Waals surface area contributed by atoms with E-state index in [9.17, 15) is 0 Å². The lowest BCUT2D eigenvalue weighted by Crippen LogP contribution is -2.32. The third kappa shape index (κ3) is 2.07. The van der Waals surface area contributed by atoms with Gasteiger partial charge in [-0.3, -0.25) is 0 Å². The highest BCUT2D eigenvalue weighted by Crippen LogP contribution is 2.26. The monoisotopic (exact) mass is 226 g/mol. The van der Waals surface area contributed by atoms with Crippen molar-refractivity contribution in [3.63, 3.8) is 0 Å². The predicted molar refractivity (Wildman–Crippen MR) is 71.7 cm³/mol. The Morgan fingerprint density at radius 3 is 3.00 bits per heavy atom. The first-order valence-corrected chi connectivity index (χ1v) is 6.28. The highest BCUT2D eigenvalue weighted by molar-refractivity contribution is 5.54. The maximum absolute atomic E-state index is 3.49. The van der Waals surface area contributed by atoms with Crippen LogP contribution in [-0.4, -0.2) is 11.6 Å². The van der Waals surface area contributed by atoms with E-state index < -0.39 is 0 Å². The Morgan fingerprint density at radius 1 is 1.24 bits per heavy atom. The molecule has 1 aliphatic carbocycles. The van der Waals surface area contributed by atoms with Crippen LogP contribution in [0.1, 0.15) is 24.0 Å². The molecule has 0 fully saturated rings. The maximum atomic E-state index is 3.49. The van der Waals surface area contributed by atoms with E-state index in [0.29, 0.717) is 0 Å². The molecule has 17 heavy (non-hydrogen) atoms. The van der Waals surface area contributed by atoms with Crippen LogP contribution < -0.4 is 5.32 Å². The first-order valence-electron chi connectivity index (χ1n) is 6.28. The Labute approximate surface area is 103 Å². The average molecular weight is 226 g/mol. The molecule has 0 saturated carbocycles. The third-order valence-corrected chi connectivity index (χ3v) is 3.42. The van der Waals surface area contributed by atoms with Gasteiger partial charge in [0.05, 0.1) is 6.67 Å². The van der Waals surface area contributed by atoms with E-state index in [1.807, 2.05) is 0 Å². The SMILES string of the molecule is Cc1ccc2c(c1)CN(C1=CCCC=C1)CN2. The number of nitrogens with zero attached hydrogens (tertiary/aromatic N) is 1. The minimum atomic E-state index is 0.909. The van der Waals surface area contributed by atoms with Gasteiger partial charge >= 0.3 is 0 Å². The van der Waals surface area contributed by atoms with Gasteiger partial charge in [-0.05, 0) is 37.5 Å². The molecular formula is C15H18N2. The molecule has 2 aliphatic rings. The molecule has 1 N–H and O–H groups in total. The fourth-order valence-corrected chi connectivity index (χ4v) is 2.48. The van der Waals surface area contributed by atoms with Gasteiger partial charge in [0, 0.05) is 17.9 Å². The van der Waals surface area contributed by atoms with Gasteiger partial charge in [-0.2, -0.15) is 0 Å². The number of anilines is 1. The lowest BCUT2D eigenvalue weighted by Gasteiger charge is -2.33. The zero-order chi connectivity index (χ0) is 11.7. The molecule has 3 rings (SSSR count). The fourth-order valence-electron chi connectivity index (χ4n) is 2.48. The van der Waals surface area contributed by atoms with E-state index in [1.165, 1.54) is 35.4 Å². The average Bonchev–Trinajstić information content (AvgIpc) is 2.39. The summed E-state index contributed by atoms with van der Waals surface area (Å²) >= 11 is 0. The standard InChI is InChI=1S/C15H18N2/c1-12-7-8-15-13(9-12)10-17(11-16-15)14-5-3-2-4-6-14/h3,5-9,16H,2,4,10-11H2,1H3. The molecule has 1 aromatic rings. The van der Waals surface area contributed by atoms with Gasteiger partial charge in [0.2, 0.25) is 0 Å². The summed E-state index contributed by atoms with van der Waals surface area (Å²) in [5, 5.41) is 3.49. The summed E-state index contributed by atoms with van der Waals surface area (Å²) < 4.78 is 0. The molecule has 0 bridgehead atoms. The van der Waals surface area contributed by atoms with Gasteiger partial charge in [0.15, 0.2) is 0 Å². The van der Waals surface area contributed by atoms with Crippen molar-refractivity contribution in [2.45, 2.75) is 26.3 Å². The number of hydrogen-bond acceptors (Lipinski definition) is 2. The van der Waals surface area contributed by atoms with Crippen LogP contribution >= 0.6 is 0 Å². The van der Waals surface area contributed by atoms with Crippen molar-refractivity contribution in [2.75, 3.05) is 12.0 Å². The zero-order valence-corrected chi connectivity index (χ0v) is 10.2. The van der Waals surface area contributed by atoms with Crippen LogP contribution in [0.4, 0.5) is 5.69 Å². The molecule has 0 spiro atoms. The maximum Gasteiger partial charge on any atom is 0.0879 e. The molecule has 2 nitrogen and oxygen atoms in total. The largest absolute Gasteiger partial charge is 0.367 e. The summed E-state index contributed by atoms with van der Waals surface area (Å²) in [5.74, 6) is 0. The lowest BCUT2D eigenvalue weighted by molar-refractivity contribution is 0.358. The van der Waals surface area contributed by atoms with Crippen LogP contribution in [0.5, 0.6) is 0 Å². The number of benzene rings is 1. The number of hydrogen-bond donors (Lipinski definition) is 1. The zero-order valence-electron chi connectivity index (χ0n) is 10.2. The van der Waals surface area contributed by atoms with Gasteiger partial charge < -0.3 is 10.2 Å². The van der Waals surface area contributed by atoms with E-state index >= 15 is 0 Å². The Bertz CT molecular complexity index is 486. The lowest BCUT2D eigenvalue weighted by atomic mass is 10.1. The molecule has 0 aromatic heterocycles. The van der Waals surface area contributed by atoms with Crippen molar-refractivity contribution in [1.82, 2.24) is 4.90 Å². The normalized spacial score (nSPS) is 18.4. The molecule has 0 unspecified atom stereocenters. The highest BCUT2D eigenvalue weighted by Gasteiger charge is 2.16. The molecule has 88 valence electrons. The number of aryl methyl sites for hydroxylation is 1. The van der Waals surface area contributed by atoms with E-state index in [0.717, 1.165) is 13.2 Å². The molecule has 0 radical (unpaired) electrons. The van der Waals surface area contributed by atoms with Crippen LogP contribution in [-0.2, 0) is 6.54 Å². The van der Waals surface area contributed by atoms with Crippen LogP contribution in [0.15, 0.2) is 42.1 Å². The Morgan fingerprint density at radius 2 is 2.18 bits per heavy atom. The number of allylic oxidation sites excluding steroid dienone is 3. The van der Waals surface area contributed by atoms with Crippen molar-refractivity contribution in [2.24, 2.45) is 0 Å². The molecule has 1 aliphatic heterocycles. The summed E-state index contributed by atoms with van der Waals surface area (Å²) in [4.78, 5) is 2.40. The fraction of sp³-hybridized carbons (Fsp3) is 0.333. The second-order valence-corrected chi connectivity index (χ2v) is 4.80. The van der Waals surface area contributed by atoms with Crippen molar-refractivity contribution >= 4 is 5.69 Å². The smallest absolute Gasteiger partial charge is 0.0879 e. The van der Waals surface area contributed by atoms with Crippen LogP contribution in [0, 0.1) is 6.92 Å². The Kier molecular flexibility index (Phi) is 2.63. The third-order valence-electron chi connectivity index (χ3n) is 3.42. The molecule has 0 atom stereocenters. The Balaban J connectivity index is 1.84. The highest BCUT2D eigenvalue weighted by atomic mass is 15.2. The van der Waals surface area contributed by atoms with E-state index in [4.69, 9.17) is 0 Å². The molecule has 2 heteroatoms. The minimum absolute atomic E-state index is 0.909. The van der Waals surface area contributed by atoms with E-state index in [1.54, 1.807) is 0 Å². The summed E-state index contributed by atoms with van der Waals surface area (Å²) in [7, 11) is 0. The molecule has 1 heterocycles. The number of nitrogens with one attached hydrogen (secondary N) is 1. The summed E-state index contributed by atoms with van der Waals surface area (Å²) in [6.07, 6.45) is 9.19. The van der Waals surface area contributed by atoms with Gasteiger partial charge in [-0.1, -0.05) is 29.8 Å². The Hall–Kier alpha value is -1.70. The van der Waals surface area contributed by atoms with E-state index in [2.05, 4.69) is 53.6 Å². The predicted octanol–water partition coefficient (Wildman–Crippen LogP) is 3.41. The van der Waals surface area contributed by atoms with Crippen LogP contribution in [0.3, 0.4) is 0 Å². The minimum Gasteiger partial charge on any atom is -0.367 e. The topological polar surface area (TPSA) is 15.3 Å². The van der Waals surface area contributed by atoms with E-state index in [-0.39, 0.29) is 0 Å². The molecular weight excluding hydrogens is 208 g/mol. The van der Waals surface area contributed by atoms with Gasteiger partial charge in [0.1, 0.15) is 0 Å². The van der Waals surface area contributed by atoms with Gasteiger partial charge in [0.25, 0.3) is 0 Å². The van der Waals surface area contributed by atoms with Crippen molar-refractivity contribution in [1.29, 1.82) is 0 Å². The summed E-state index contributed by atoms with van der Waals surface area (Å²) in [6, 6.07) is 6.63. The first kappa shape index (κ1) is 10.5. The van der Waals surface area contributed by atoms with Crippen molar-refractivity contribution < 1.29 is 0 Å². The molecule has 0 saturated heterocycles.